The molecule has 10 heteroatoms. The highest BCUT2D eigenvalue weighted by Gasteiger charge is 2.35. The normalized spacial score (nSPS) is 11.9. The van der Waals surface area contributed by atoms with Gasteiger partial charge in [0, 0.05) is 29.0 Å². The van der Waals surface area contributed by atoms with E-state index in [1.165, 1.54) is 17.0 Å². The van der Waals surface area contributed by atoms with E-state index in [9.17, 15) is 18.0 Å². The fraction of sp³-hybridized carbons (Fsp3) is 0.257. The van der Waals surface area contributed by atoms with Crippen LogP contribution in [0.4, 0.5) is 5.69 Å². The van der Waals surface area contributed by atoms with Crippen LogP contribution >= 0.6 is 27.5 Å². The van der Waals surface area contributed by atoms with Gasteiger partial charge in [0.1, 0.15) is 12.6 Å². The monoisotopic (exact) mass is 709 g/mol. The third-order valence-corrected chi connectivity index (χ3v) is 9.88. The van der Waals surface area contributed by atoms with E-state index in [2.05, 4.69) is 21.2 Å². The molecule has 1 N–H and O–H groups in total. The number of sulfonamides is 1. The number of carbonyl (C=O) groups excluding carboxylic acids is 2. The van der Waals surface area contributed by atoms with Crippen molar-refractivity contribution in [2.45, 2.75) is 50.6 Å². The zero-order chi connectivity index (χ0) is 32.4. The second-order valence-corrected chi connectivity index (χ2v) is 14.0. The van der Waals surface area contributed by atoms with Crippen LogP contribution in [0.1, 0.15) is 36.5 Å². The Kier molecular flexibility index (Phi) is 12.2. The van der Waals surface area contributed by atoms with Gasteiger partial charge in [0.25, 0.3) is 10.0 Å². The average molecular weight is 711 g/mol. The highest BCUT2D eigenvalue weighted by Crippen LogP contribution is 2.29. The predicted molar refractivity (Wildman–Crippen MR) is 184 cm³/mol. The number of unbranched alkanes of at least 4 members (excludes halogenated alkanes) is 1. The van der Waals surface area contributed by atoms with Crippen LogP contribution in [0.15, 0.2) is 112 Å². The first kappa shape index (κ1) is 34.2. The summed E-state index contributed by atoms with van der Waals surface area (Å²) in [6, 6.07) is 29.0. The molecule has 0 saturated heterocycles. The molecule has 45 heavy (non-hydrogen) atoms. The third kappa shape index (κ3) is 9.19. The summed E-state index contributed by atoms with van der Waals surface area (Å²) in [5.74, 6) is -0.814. The van der Waals surface area contributed by atoms with E-state index in [0.717, 1.165) is 32.7 Å². The van der Waals surface area contributed by atoms with E-state index < -0.39 is 28.5 Å². The smallest absolute Gasteiger partial charge is 0.264 e. The van der Waals surface area contributed by atoms with Gasteiger partial charge in [-0.05, 0) is 72.5 Å². The zero-order valence-corrected chi connectivity index (χ0v) is 28.5. The molecule has 7 nitrogen and oxygen atoms in total. The molecule has 0 unspecified atom stereocenters. The summed E-state index contributed by atoms with van der Waals surface area (Å²) in [6.45, 7) is 3.82. The van der Waals surface area contributed by atoms with Crippen molar-refractivity contribution in [2.75, 3.05) is 17.4 Å². The van der Waals surface area contributed by atoms with Crippen LogP contribution in [-0.4, -0.2) is 44.3 Å². The lowest BCUT2D eigenvalue weighted by molar-refractivity contribution is -0.140. The highest BCUT2D eigenvalue weighted by molar-refractivity contribution is 9.10. The number of hydrogen-bond acceptors (Lipinski definition) is 4. The molecule has 0 radical (unpaired) electrons. The number of carbonyl (C=O) groups is 2. The largest absolute Gasteiger partial charge is 0.354 e. The summed E-state index contributed by atoms with van der Waals surface area (Å²) in [6.07, 6.45) is 1.95. The molecule has 0 bridgehead atoms. The van der Waals surface area contributed by atoms with E-state index >= 15 is 0 Å². The minimum Gasteiger partial charge on any atom is -0.354 e. The SMILES string of the molecule is CCCCNC(=O)[C@H](Cc1ccccc1)N(Cc1cccc(Br)c1)C(=O)CN(c1ccc(Cl)cc1C)S(=O)(=O)c1ccccc1. The molecule has 0 heterocycles. The van der Waals surface area contributed by atoms with Crippen LogP contribution in [-0.2, 0) is 32.6 Å². The summed E-state index contributed by atoms with van der Waals surface area (Å²) >= 11 is 9.73. The van der Waals surface area contributed by atoms with Gasteiger partial charge in [-0.3, -0.25) is 13.9 Å². The fourth-order valence-corrected chi connectivity index (χ4v) is 7.20. The van der Waals surface area contributed by atoms with Crippen molar-refractivity contribution in [3.05, 3.63) is 129 Å². The van der Waals surface area contributed by atoms with Crippen molar-refractivity contribution in [2.24, 2.45) is 0 Å². The molecular formula is C35H37BrClN3O4S. The van der Waals surface area contributed by atoms with E-state index in [1.807, 2.05) is 61.5 Å². The number of benzene rings is 4. The summed E-state index contributed by atoms with van der Waals surface area (Å²) in [7, 11) is -4.19. The molecule has 0 aliphatic carbocycles. The number of aryl methyl sites for hydroxylation is 1. The quantitative estimate of drug-likeness (QED) is 0.141. The van der Waals surface area contributed by atoms with Crippen LogP contribution in [0.3, 0.4) is 0 Å². The topological polar surface area (TPSA) is 86.8 Å². The van der Waals surface area contributed by atoms with Crippen molar-refractivity contribution in [3.63, 3.8) is 0 Å². The zero-order valence-electron chi connectivity index (χ0n) is 25.3. The maximum atomic E-state index is 14.5. The summed E-state index contributed by atoms with van der Waals surface area (Å²) < 4.78 is 30.2. The van der Waals surface area contributed by atoms with Gasteiger partial charge in [-0.2, -0.15) is 0 Å². The van der Waals surface area contributed by atoms with Crippen LogP contribution in [0.5, 0.6) is 0 Å². The lowest BCUT2D eigenvalue weighted by atomic mass is 10.0. The third-order valence-electron chi connectivity index (χ3n) is 7.38. The molecule has 4 aromatic carbocycles. The van der Waals surface area contributed by atoms with Crippen LogP contribution in [0, 0.1) is 6.92 Å². The highest BCUT2D eigenvalue weighted by atomic mass is 79.9. The Hall–Kier alpha value is -3.66. The Morgan fingerprint density at radius 2 is 1.56 bits per heavy atom. The lowest BCUT2D eigenvalue weighted by Gasteiger charge is -2.34. The van der Waals surface area contributed by atoms with Crippen molar-refractivity contribution >= 4 is 55.1 Å². The standard InChI is InChI=1S/C35H37BrClN3O4S/c1-3-4-20-38-35(42)33(23-27-12-7-5-8-13-27)39(24-28-14-11-15-29(36)22-28)34(41)25-40(32-19-18-30(37)21-26(32)2)45(43,44)31-16-9-6-10-17-31/h5-19,21-22,33H,3-4,20,23-25H2,1-2H3,(H,38,42)/t33-/m0/s1. The summed E-state index contributed by atoms with van der Waals surface area (Å²) in [5.41, 5.74) is 2.58. The first-order chi connectivity index (χ1) is 21.6. The lowest BCUT2D eigenvalue weighted by Crippen LogP contribution is -2.53. The Morgan fingerprint density at radius 1 is 0.889 bits per heavy atom. The predicted octanol–water partition coefficient (Wildman–Crippen LogP) is 7.16. The van der Waals surface area contributed by atoms with Crippen LogP contribution in [0.2, 0.25) is 5.02 Å². The number of anilines is 1. The van der Waals surface area contributed by atoms with Gasteiger partial charge in [0.2, 0.25) is 11.8 Å². The van der Waals surface area contributed by atoms with Crippen molar-refractivity contribution < 1.29 is 18.0 Å². The molecule has 4 aromatic rings. The van der Waals surface area contributed by atoms with Crippen molar-refractivity contribution in [3.8, 4) is 0 Å². The molecular weight excluding hydrogens is 674 g/mol. The van der Waals surface area contributed by atoms with Gasteiger partial charge >= 0.3 is 0 Å². The number of nitrogens with one attached hydrogen (secondary N) is 1. The Morgan fingerprint density at radius 3 is 2.20 bits per heavy atom. The molecule has 0 aliphatic rings. The number of nitrogens with zero attached hydrogens (tertiary/aromatic N) is 2. The van der Waals surface area contributed by atoms with E-state index in [-0.39, 0.29) is 23.8 Å². The molecule has 0 saturated carbocycles. The second kappa shape index (κ2) is 16.1. The van der Waals surface area contributed by atoms with Crippen molar-refractivity contribution in [1.29, 1.82) is 0 Å². The van der Waals surface area contributed by atoms with Crippen LogP contribution in [0.25, 0.3) is 0 Å². The second-order valence-electron chi connectivity index (χ2n) is 10.8. The average Bonchev–Trinajstić information content (AvgIpc) is 3.03. The number of rotatable bonds is 14. The number of halogens is 2. The van der Waals surface area contributed by atoms with Crippen LogP contribution < -0.4 is 9.62 Å². The molecule has 236 valence electrons. The first-order valence-electron chi connectivity index (χ1n) is 14.8. The van der Waals surface area contributed by atoms with Gasteiger partial charge in [-0.25, -0.2) is 8.42 Å². The van der Waals surface area contributed by atoms with Gasteiger partial charge in [0.15, 0.2) is 0 Å². The minimum absolute atomic E-state index is 0.0452. The molecule has 0 fully saturated rings. The van der Waals surface area contributed by atoms with Gasteiger partial charge in [0.05, 0.1) is 10.6 Å². The fourth-order valence-electron chi connectivity index (χ4n) is 5.02. The Labute approximate surface area is 279 Å². The maximum Gasteiger partial charge on any atom is 0.264 e. The first-order valence-corrected chi connectivity index (χ1v) is 17.4. The Balaban J connectivity index is 1.81. The molecule has 4 rings (SSSR count). The molecule has 2 amide bonds. The van der Waals surface area contributed by atoms with E-state index in [1.54, 1.807) is 43.3 Å². The summed E-state index contributed by atoms with van der Waals surface area (Å²) in [5, 5.41) is 3.45. The number of amides is 2. The van der Waals surface area contributed by atoms with Gasteiger partial charge in [-0.1, -0.05) is 102 Å². The molecule has 0 spiro atoms. The van der Waals surface area contributed by atoms with E-state index in [0.29, 0.717) is 22.8 Å². The van der Waals surface area contributed by atoms with E-state index in [4.69, 9.17) is 11.6 Å². The molecule has 0 aromatic heterocycles. The van der Waals surface area contributed by atoms with Crippen molar-refractivity contribution in [1.82, 2.24) is 10.2 Å². The Bertz CT molecular complexity index is 1700. The number of hydrogen-bond donors (Lipinski definition) is 1. The molecule has 1 atom stereocenters. The van der Waals surface area contributed by atoms with Gasteiger partial charge in [-0.15, -0.1) is 0 Å². The molecule has 0 aliphatic heterocycles. The minimum atomic E-state index is -4.19. The van der Waals surface area contributed by atoms with Gasteiger partial charge < -0.3 is 10.2 Å². The summed E-state index contributed by atoms with van der Waals surface area (Å²) in [4.78, 5) is 29.9. The maximum absolute atomic E-state index is 14.5.